The summed E-state index contributed by atoms with van der Waals surface area (Å²) in [5, 5.41) is 18.8. The summed E-state index contributed by atoms with van der Waals surface area (Å²) in [6, 6.07) is 0. The van der Waals surface area contributed by atoms with Gasteiger partial charge in [0.15, 0.2) is 0 Å². The van der Waals surface area contributed by atoms with Gasteiger partial charge < -0.3 is 15.1 Å². The summed E-state index contributed by atoms with van der Waals surface area (Å²) in [7, 11) is 0. The van der Waals surface area contributed by atoms with Gasteiger partial charge in [0.1, 0.15) is 6.10 Å². The van der Waals surface area contributed by atoms with Crippen molar-refractivity contribution in [1.82, 2.24) is 4.90 Å². The van der Waals surface area contributed by atoms with Crippen molar-refractivity contribution in [2.24, 2.45) is 0 Å². The maximum atomic E-state index is 11.4. The third kappa shape index (κ3) is 2.67. The summed E-state index contributed by atoms with van der Waals surface area (Å²) in [6.07, 6.45) is 0.552. The molecule has 1 rings (SSSR count). The molecule has 1 unspecified atom stereocenters. The van der Waals surface area contributed by atoms with E-state index in [1.54, 1.807) is 6.92 Å². The van der Waals surface area contributed by atoms with E-state index in [0.29, 0.717) is 13.1 Å². The van der Waals surface area contributed by atoms with Gasteiger partial charge in [-0.05, 0) is 26.7 Å². The lowest BCUT2D eigenvalue weighted by Gasteiger charge is -2.37. The van der Waals surface area contributed by atoms with Crippen molar-refractivity contribution in [2.45, 2.75) is 38.4 Å². The van der Waals surface area contributed by atoms with Crippen molar-refractivity contribution < 1.29 is 15.0 Å². The average Bonchev–Trinajstić information content (AvgIpc) is 2.01. The zero-order valence-electron chi connectivity index (χ0n) is 8.16. The Morgan fingerprint density at radius 1 is 1.62 bits per heavy atom. The predicted molar refractivity (Wildman–Crippen MR) is 48.1 cm³/mol. The summed E-state index contributed by atoms with van der Waals surface area (Å²) in [6.45, 7) is 4.14. The van der Waals surface area contributed by atoms with E-state index in [1.165, 1.54) is 11.8 Å². The van der Waals surface area contributed by atoms with E-state index < -0.39 is 11.7 Å². The number of hydrogen-bond acceptors (Lipinski definition) is 3. The van der Waals surface area contributed by atoms with Gasteiger partial charge in [-0.1, -0.05) is 0 Å². The highest BCUT2D eigenvalue weighted by molar-refractivity contribution is 5.80. The quantitative estimate of drug-likeness (QED) is 0.594. The molecule has 0 aromatic rings. The van der Waals surface area contributed by atoms with Crippen LogP contribution >= 0.6 is 0 Å². The number of aliphatic hydroxyl groups is 2. The molecule has 4 heteroatoms. The molecular formula is C9H17NO3. The number of carbonyl (C=O) groups is 1. The van der Waals surface area contributed by atoms with Crippen molar-refractivity contribution in [3.63, 3.8) is 0 Å². The first-order valence-electron chi connectivity index (χ1n) is 4.62. The van der Waals surface area contributed by atoms with Crippen LogP contribution in [0.1, 0.15) is 26.7 Å². The van der Waals surface area contributed by atoms with Gasteiger partial charge in [0.05, 0.1) is 5.60 Å². The third-order valence-electron chi connectivity index (χ3n) is 2.34. The fraction of sp³-hybridized carbons (Fsp3) is 0.889. The number of rotatable bonds is 1. The van der Waals surface area contributed by atoms with Gasteiger partial charge in [-0.25, -0.2) is 0 Å². The Morgan fingerprint density at radius 2 is 2.23 bits per heavy atom. The average molecular weight is 187 g/mol. The lowest BCUT2D eigenvalue weighted by atomic mass is 9.95. The third-order valence-corrected chi connectivity index (χ3v) is 2.34. The number of nitrogens with zero attached hydrogens (tertiary/aromatic N) is 1. The molecule has 1 saturated heterocycles. The molecule has 2 N–H and O–H groups in total. The fourth-order valence-electron chi connectivity index (χ4n) is 1.67. The van der Waals surface area contributed by atoms with Crippen LogP contribution < -0.4 is 0 Å². The van der Waals surface area contributed by atoms with E-state index in [2.05, 4.69) is 0 Å². The maximum Gasteiger partial charge on any atom is 0.251 e. The minimum absolute atomic E-state index is 0.292. The molecule has 2 atom stereocenters. The number of hydrogen-bond donors (Lipinski definition) is 2. The Labute approximate surface area is 78.2 Å². The van der Waals surface area contributed by atoms with Crippen LogP contribution in [0.4, 0.5) is 0 Å². The number of aliphatic hydroxyl groups excluding tert-OH is 1. The highest BCUT2D eigenvalue weighted by atomic mass is 16.3. The van der Waals surface area contributed by atoms with Gasteiger partial charge in [-0.15, -0.1) is 0 Å². The molecule has 1 aliphatic rings. The van der Waals surface area contributed by atoms with E-state index in [1.807, 2.05) is 0 Å². The molecule has 1 heterocycles. The number of piperidine rings is 1. The van der Waals surface area contributed by atoms with Crippen LogP contribution in [-0.2, 0) is 4.79 Å². The molecule has 0 radical (unpaired) electrons. The molecule has 13 heavy (non-hydrogen) atoms. The molecule has 1 amide bonds. The van der Waals surface area contributed by atoms with E-state index in [9.17, 15) is 9.90 Å². The van der Waals surface area contributed by atoms with E-state index in [0.717, 1.165) is 12.8 Å². The van der Waals surface area contributed by atoms with Crippen LogP contribution in [0.25, 0.3) is 0 Å². The molecule has 76 valence electrons. The van der Waals surface area contributed by atoms with E-state index >= 15 is 0 Å². The lowest BCUT2D eigenvalue weighted by Crippen LogP contribution is -2.50. The van der Waals surface area contributed by atoms with Crippen molar-refractivity contribution in [3.05, 3.63) is 0 Å². The van der Waals surface area contributed by atoms with Gasteiger partial charge in [-0.3, -0.25) is 4.79 Å². The Kier molecular flexibility index (Phi) is 2.93. The lowest BCUT2D eigenvalue weighted by molar-refractivity contribution is -0.145. The minimum Gasteiger partial charge on any atom is -0.388 e. The molecule has 1 aliphatic heterocycles. The molecule has 0 aromatic heterocycles. The second-order valence-electron chi connectivity index (χ2n) is 4.04. The molecule has 0 spiro atoms. The van der Waals surface area contributed by atoms with E-state index in [-0.39, 0.29) is 5.91 Å². The minimum atomic E-state index is -0.964. The van der Waals surface area contributed by atoms with Crippen LogP contribution in [0.3, 0.4) is 0 Å². The van der Waals surface area contributed by atoms with Gasteiger partial charge in [-0.2, -0.15) is 0 Å². The monoisotopic (exact) mass is 187 g/mol. The second kappa shape index (κ2) is 3.64. The molecule has 4 nitrogen and oxygen atoms in total. The van der Waals surface area contributed by atoms with E-state index in [4.69, 9.17) is 5.11 Å². The van der Waals surface area contributed by atoms with Crippen LogP contribution in [0.15, 0.2) is 0 Å². The SMILES string of the molecule is C[C@H](O)C(=O)N1CCCC(C)(O)C1. The first-order chi connectivity index (χ1) is 5.92. The normalized spacial score (nSPS) is 31.5. The van der Waals surface area contributed by atoms with Crippen LogP contribution in [0.2, 0.25) is 0 Å². The second-order valence-corrected chi connectivity index (χ2v) is 4.04. The molecule has 0 bridgehead atoms. The Balaban J connectivity index is 2.57. The zero-order valence-corrected chi connectivity index (χ0v) is 8.16. The smallest absolute Gasteiger partial charge is 0.251 e. The summed E-state index contributed by atoms with van der Waals surface area (Å²) in [5.74, 6) is -0.292. The van der Waals surface area contributed by atoms with Crippen molar-refractivity contribution in [3.8, 4) is 0 Å². The largest absolute Gasteiger partial charge is 0.388 e. The van der Waals surface area contributed by atoms with Gasteiger partial charge in [0.25, 0.3) is 5.91 Å². The van der Waals surface area contributed by atoms with Gasteiger partial charge in [0.2, 0.25) is 0 Å². The first-order valence-corrected chi connectivity index (χ1v) is 4.62. The highest BCUT2D eigenvalue weighted by Crippen LogP contribution is 2.20. The standard InChI is InChI=1S/C9H17NO3/c1-7(11)8(12)10-5-3-4-9(2,13)6-10/h7,11,13H,3-6H2,1-2H3/t7-,9?/m0/s1. The summed E-state index contributed by atoms with van der Waals surface area (Å²) >= 11 is 0. The van der Waals surface area contributed by atoms with Crippen molar-refractivity contribution >= 4 is 5.91 Å². The Bertz CT molecular complexity index is 201. The molecule has 0 aliphatic carbocycles. The summed E-state index contributed by atoms with van der Waals surface area (Å²) < 4.78 is 0. The van der Waals surface area contributed by atoms with Gasteiger partial charge >= 0.3 is 0 Å². The topological polar surface area (TPSA) is 60.8 Å². The Morgan fingerprint density at radius 3 is 2.69 bits per heavy atom. The number of β-amino-alcohol motifs (C(OH)–C–C–N with tert-alkyl or cyclic N) is 1. The summed E-state index contributed by atoms with van der Waals surface area (Å²) in [4.78, 5) is 12.9. The number of likely N-dealkylation sites (tertiary alicyclic amines) is 1. The molecule has 1 fully saturated rings. The van der Waals surface area contributed by atoms with Crippen molar-refractivity contribution in [1.29, 1.82) is 0 Å². The molecule has 0 saturated carbocycles. The van der Waals surface area contributed by atoms with Crippen LogP contribution in [0.5, 0.6) is 0 Å². The summed E-state index contributed by atoms with van der Waals surface area (Å²) in [5.41, 5.74) is -0.789. The number of amides is 1. The first kappa shape index (κ1) is 10.5. The van der Waals surface area contributed by atoms with Crippen molar-refractivity contribution in [2.75, 3.05) is 13.1 Å². The number of carbonyl (C=O) groups excluding carboxylic acids is 1. The maximum absolute atomic E-state index is 11.4. The zero-order chi connectivity index (χ0) is 10.1. The molecule has 0 aromatic carbocycles. The van der Waals surface area contributed by atoms with Crippen LogP contribution in [0, 0.1) is 0 Å². The Hall–Kier alpha value is -0.610. The van der Waals surface area contributed by atoms with Gasteiger partial charge in [0, 0.05) is 13.1 Å². The highest BCUT2D eigenvalue weighted by Gasteiger charge is 2.31. The predicted octanol–water partition coefficient (Wildman–Crippen LogP) is -0.259. The molecular weight excluding hydrogens is 170 g/mol. The fourth-order valence-corrected chi connectivity index (χ4v) is 1.67. The van der Waals surface area contributed by atoms with Crippen LogP contribution in [-0.4, -0.2) is 45.8 Å².